The van der Waals surface area contributed by atoms with E-state index in [0.717, 1.165) is 45.2 Å². The highest BCUT2D eigenvalue weighted by atomic mass is 35.5. The van der Waals surface area contributed by atoms with Crippen molar-refractivity contribution in [2.75, 3.05) is 18.0 Å². The number of hydrogen-bond donors (Lipinski definition) is 1. The first-order valence-electron chi connectivity index (χ1n) is 9.94. The molecule has 2 bridgehead atoms. The molecule has 1 amide bonds. The van der Waals surface area contributed by atoms with E-state index in [-0.39, 0.29) is 5.56 Å². The maximum absolute atomic E-state index is 12.7. The maximum atomic E-state index is 12.7. The molecule has 0 aromatic carbocycles. The number of carboxylic acids is 1. The van der Waals surface area contributed by atoms with E-state index in [1.807, 2.05) is 0 Å². The van der Waals surface area contributed by atoms with Crippen LogP contribution < -0.4 is 4.90 Å². The van der Waals surface area contributed by atoms with E-state index < -0.39 is 5.97 Å². The highest BCUT2D eigenvalue weighted by Gasteiger charge is 2.49. The van der Waals surface area contributed by atoms with Crippen LogP contribution in [0.3, 0.4) is 0 Å². The van der Waals surface area contributed by atoms with Crippen LogP contribution in [0, 0.1) is 11.8 Å². The zero-order chi connectivity index (χ0) is 19.1. The van der Waals surface area contributed by atoms with E-state index in [9.17, 15) is 9.59 Å². The summed E-state index contributed by atoms with van der Waals surface area (Å²) in [6.45, 7) is 3.82. The number of aromatic nitrogens is 1. The van der Waals surface area contributed by atoms with Crippen LogP contribution in [0.5, 0.6) is 0 Å². The molecule has 0 radical (unpaired) electrons. The molecular weight excluding hydrogens is 366 g/mol. The molecule has 3 aliphatic heterocycles. The number of carbonyl (C=O) groups excluding carboxylic acids is 1. The Hall–Kier alpha value is -1.82. The van der Waals surface area contributed by atoms with E-state index in [0.29, 0.717) is 47.1 Å². The van der Waals surface area contributed by atoms with Crippen molar-refractivity contribution >= 4 is 29.3 Å². The summed E-state index contributed by atoms with van der Waals surface area (Å²) in [5, 5.41) is 9.53. The number of piperidine rings is 3. The van der Waals surface area contributed by atoms with Gasteiger partial charge in [0.25, 0.3) is 0 Å². The molecule has 0 saturated carbocycles. The number of halogens is 1. The Morgan fingerprint density at radius 3 is 2.85 bits per heavy atom. The third-order valence-electron chi connectivity index (χ3n) is 6.45. The topological polar surface area (TPSA) is 73.7 Å². The molecule has 1 aromatic heterocycles. The minimum Gasteiger partial charge on any atom is -0.478 e. The molecule has 4 atom stereocenters. The second kappa shape index (κ2) is 7.30. The quantitative estimate of drug-likeness (QED) is 0.851. The molecule has 3 aliphatic rings. The summed E-state index contributed by atoms with van der Waals surface area (Å²) >= 11 is 6.39. The number of nitrogens with zero attached hydrogens (tertiary/aromatic N) is 3. The lowest BCUT2D eigenvalue weighted by Crippen LogP contribution is -2.65. The highest BCUT2D eigenvalue weighted by molar-refractivity contribution is 6.33. The Labute approximate surface area is 164 Å². The van der Waals surface area contributed by atoms with Gasteiger partial charge >= 0.3 is 5.97 Å². The van der Waals surface area contributed by atoms with Crippen LogP contribution >= 0.6 is 11.6 Å². The molecule has 0 spiro atoms. The van der Waals surface area contributed by atoms with Gasteiger partial charge in [-0.1, -0.05) is 24.9 Å². The van der Waals surface area contributed by atoms with E-state index in [1.54, 1.807) is 0 Å². The predicted molar refractivity (Wildman–Crippen MR) is 103 cm³/mol. The molecule has 4 heterocycles. The first-order valence-corrected chi connectivity index (χ1v) is 10.3. The van der Waals surface area contributed by atoms with Gasteiger partial charge in [0.2, 0.25) is 5.91 Å². The summed E-state index contributed by atoms with van der Waals surface area (Å²) in [5.74, 6) is 0.819. The number of rotatable bonds is 4. The number of amides is 1. The van der Waals surface area contributed by atoms with Crippen LogP contribution in [-0.2, 0) is 4.79 Å². The van der Waals surface area contributed by atoms with E-state index in [2.05, 4.69) is 21.7 Å². The van der Waals surface area contributed by atoms with E-state index >= 15 is 0 Å². The second-order valence-electron chi connectivity index (χ2n) is 8.11. The van der Waals surface area contributed by atoms with Gasteiger partial charge in [0.05, 0.1) is 10.6 Å². The summed E-state index contributed by atoms with van der Waals surface area (Å²) in [6, 6.07) is 2.10. The number of carboxylic acid groups (broad SMARTS) is 1. The number of anilines is 1. The Kier molecular flexibility index (Phi) is 5.01. The van der Waals surface area contributed by atoms with Gasteiger partial charge < -0.3 is 14.9 Å². The molecule has 6 nitrogen and oxygen atoms in total. The van der Waals surface area contributed by atoms with Gasteiger partial charge in [-0.2, -0.15) is 0 Å². The highest BCUT2D eigenvalue weighted by Crippen LogP contribution is 2.44. The van der Waals surface area contributed by atoms with E-state index in [1.165, 1.54) is 12.3 Å². The summed E-state index contributed by atoms with van der Waals surface area (Å²) < 4.78 is 0. The largest absolute Gasteiger partial charge is 0.478 e. The summed E-state index contributed by atoms with van der Waals surface area (Å²) in [6.07, 6.45) is 7.38. The van der Waals surface area contributed by atoms with Crippen molar-refractivity contribution in [3.63, 3.8) is 0 Å². The van der Waals surface area contributed by atoms with E-state index in [4.69, 9.17) is 16.7 Å². The SMILES string of the molecule is CCC[C@H]1[C@H]2C[C@H](CN(c3ncc(C(=O)O)cc3Cl)C2)[C@@H]2CCCC(=O)N21. The molecule has 1 aromatic rings. The van der Waals surface area contributed by atoms with Gasteiger partial charge in [0, 0.05) is 37.8 Å². The first-order chi connectivity index (χ1) is 13.0. The molecule has 1 N–H and O–H groups in total. The van der Waals surface area contributed by atoms with Crippen LogP contribution in [0.4, 0.5) is 5.82 Å². The lowest BCUT2D eigenvalue weighted by molar-refractivity contribution is -0.149. The zero-order valence-electron chi connectivity index (χ0n) is 15.6. The molecule has 3 fully saturated rings. The molecule has 0 unspecified atom stereocenters. The fraction of sp³-hybridized carbons (Fsp3) is 0.650. The van der Waals surface area contributed by atoms with Crippen molar-refractivity contribution in [3.8, 4) is 0 Å². The average Bonchev–Trinajstić information content (AvgIpc) is 2.65. The fourth-order valence-electron chi connectivity index (χ4n) is 5.40. The lowest BCUT2D eigenvalue weighted by Gasteiger charge is -2.57. The van der Waals surface area contributed by atoms with Crippen LogP contribution in [0.15, 0.2) is 12.3 Å². The van der Waals surface area contributed by atoms with Crippen molar-refractivity contribution in [1.29, 1.82) is 0 Å². The molecule has 3 saturated heterocycles. The summed E-state index contributed by atoms with van der Waals surface area (Å²) in [4.78, 5) is 32.6. The van der Waals surface area contributed by atoms with Crippen molar-refractivity contribution in [1.82, 2.24) is 9.88 Å². The van der Waals surface area contributed by atoms with Crippen LogP contribution in [0.25, 0.3) is 0 Å². The van der Waals surface area contributed by atoms with Gasteiger partial charge in [-0.05, 0) is 43.6 Å². The molecule has 27 heavy (non-hydrogen) atoms. The standard InChI is InChI=1S/C20H26ClN3O3/c1-2-4-16-13-7-14(17-5-3-6-18(25)24(16)17)11-23(10-13)19-15(21)8-12(9-22-19)20(26)27/h8-9,13-14,16-17H,2-7,10-11H2,1H3,(H,26,27)/t13-,14+,16-,17-/m0/s1. The van der Waals surface area contributed by atoms with Crippen LogP contribution in [-0.4, -0.2) is 52.0 Å². The van der Waals surface area contributed by atoms with Gasteiger partial charge in [0.15, 0.2) is 0 Å². The van der Waals surface area contributed by atoms with Gasteiger partial charge in [-0.3, -0.25) is 4.79 Å². The van der Waals surface area contributed by atoms with Crippen molar-refractivity contribution in [2.24, 2.45) is 11.8 Å². The predicted octanol–water partition coefficient (Wildman–Crippen LogP) is 3.44. The average molecular weight is 392 g/mol. The summed E-state index contributed by atoms with van der Waals surface area (Å²) in [5.41, 5.74) is 0.105. The summed E-state index contributed by atoms with van der Waals surface area (Å²) in [7, 11) is 0. The maximum Gasteiger partial charge on any atom is 0.337 e. The number of aromatic carboxylic acids is 1. The Bertz CT molecular complexity index is 756. The third kappa shape index (κ3) is 3.28. The number of pyridine rings is 1. The minimum atomic E-state index is -1.02. The number of hydrogen-bond acceptors (Lipinski definition) is 4. The second-order valence-corrected chi connectivity index (χ2v) is 8.52. The minimum absolute atomic E-state index is 0.105. The molecular formula is C20H26ClN3O3. The Balaban J connectivity index is 1.63. The monoisotopic (exact) mass is 391 g/mol. The normalized spacial score (nSPS) is 30.2. The van der Waals surface area contributed by atoms with Gasteiger partial charge in [-0.25, -0.2) is 9.78 Å². The number of fused-ring (bicyclic) bond motifs is 4. The fourth-order valence-corrected chi connectivity index (χ4v) is 5.68. The molecule has 146 valence electrons. The van der Waals surface area contributed by atoms with Crippen LogP contribution in [0.2, 0.25) is 5.02 Å². The third-order valence-corrected chi connectivity index (χ3v) is 6.73. The zero-order valence-corrected chi connectivity index (χ0v) is 16.4. The molecule has 7 heteroatoms. The number of carbonyl (C=O) groups is 2. The van der Waals surface area contributed by atoms with Crippen LogP contribution in [0.1, 0.15) is 55.8 Å². The van der Waals surface area contributed by atoms with Crippen molar-refractivity contribution in [2.45, 2.75) is 57.5 Å². The molecule has 4 rings (SSSR count). The first kappa shape index (κ1) is 18.5. The van der Waals surface area contributed by atoms with Gasteiger partial charge in [-0.15, -0.1) is 0 Å². The Morgan fingerprint density at radius 2 is 2.15 bits per heavy atom. The van der Waals surface area contributed by atoms with Gasteiger partial charge in [0.1, 0.15) is 5.82 Å². The smallest absolute Gasteiger partial charge is 0.337 e. The van der Waals surface area contributed by atoms with Crippen molar-refractivity contribution < 1.29 is 14.7 Å². The van der Waals surface area contributed by atoms with Crippen molar-refractivity contribution in [3.05, 3.63) is 22.8 Å². The Morgan fingerprint density at radius 1 is 1.37 bits per heavy atom. The molecule has 0 aliphatic carbocycles. The lowest BCUT2D eigenvalue weighted by atomic mass is 9.71.